The summed E-state index contributed by atoms with van der Waals surface area (Å²) in [6.07, 6.45) is 3.20. The molecular formula is C22H31NO5. The van der Waals surface area contributed by atoms with Gasteiger partial charge in [-0.25, -0.2) is 9.69 Å². The molecule has 2 rings (SSSR count). The van der Waals surface area contributed by atoms with Gasteiger partial charge in [-0.05, 0) is 24.8 Å². The number of carbonyl (C=O) groups excluding carboxylic acids is 2. The first-order valence-corrected chi connectivity index (χ1v) is 10.2. The zero-order valence-corrected chi connectivity index (χ0v) is 17.0. The maximum absolute atomic E-state index is 13.1. The molecular weight excluding hydrogens is 358 g/mol. The summed E-state index contributed by atoms with van der Waals surface area (Å²) in [5.74, 6) is -1.98. The standard InChI is InChI=1S/C22H31NO5/c1-4-5-7-10-15(2)13-18(14-19(24)25)21(26)23-16(3)20(28-22(23)27)17-11-8-6-9-12-17/h6,8-9,11-12,15-16,18,20H,4-5,7,10,13-14H2,1-3H3,(H,24,25)/t15-,16-,18+,20-/m1/s1. The average Bonchev–Trinajstić information content (AvgIpc) is 2.95. The molecule has 0 bridgehead atoms. The number of benzene rings is 1. The van der Waals surface area contributed by atoms with Gasteiger partial charge in [0.15, 0.2) is 0 Å². The molecule has 1 aromatic carbocycles. The summed E-state index contributed by atoms with van der Waals surface area (Å²) in [5, 5.41) is 9.28. The predicted octanol–water partition coefficient (Wildman–Crippen LogP) is 4.79. The summed E-state index contributed by atoms with van der Waals surface area (Å²) >= 11 is 0. The van der Waals surface area contributed by atoms with E-state index < -0.39 is 36.0 Å². The van der Waals surface area contributed by atoms with Gasteiger partial charge in [0, 0.05) is 5.92 Å². The second-order valence-corrected chi connectivity index (χ2v) is 7.80. The van der Waals surface area contributed by atoms with Gasteiger partial charge in [0.1, 0.15) is 6.10 Å². The van der Waals surface area contributed by atoms with Crippen molar-refractivity contribution in [1.82, 2.24) is 4.90 Å². The van der Waals surface area contributed by atoms with Gasteiger partial charge in [-0.2, -0.15) is 0 Å². The van der Waals surface area contributed by atoms with Crippen molar-refractivity contribution in [1.29, 1.82) is 0 Å². The Morgan fingerprint density at radius 2 is 1.89 bits per heavy atom. The minimum absolute atomic E-state index is 0.221. The first-order valence-electron chi connectivity index (χ1n) is 10.2. The van der Waals surface area contributed by atoms with Crippen molar-refractivity contribution in [3.05, 3.63) is 35.9 Å². The molecule has 6 heteroatoms. The maximum atomic E-state index is 13.1. The molecule has 0 spiro atoms. The number of rotatable bonds is 10. The molecule has 1 heterocycles. The molecule has 1 N–H and O–H groups in total. The second kappa shape index (κ2) is 10.2. The number of nitrogens with zero attached hydrogens (tertiary/aromatic N) is 1. The van der Waals surface area contributed by atoms with Crippen molar-refractivity contribution in [3.63, 3.8) is 0 Å². The van der Waals surface area contributed by atoms with Crippen LogP contribution in [0.15, 0.2) is 30.3 Å². The van der Waals surface area contributed by atoms with Crippen LogP contribution in [0.5, 0.6) is 0 Å². The molecule has 1 aromatic rings. The van der Waals surface area contributed by atoms with Gasteiger partial charge in [-0.3, -0.25) is 9.59 Å². The summed E-state index contributed by atoms with van der Waals surface area (Å²) < 4.78 is 5.45. The van der Waals surface area contributed by atoms with Crippen molar-refractivity contribution in [2.75, 3.05) is 0 Å². The van der Waals surface area contributed by atoms with Crippen LogP contribution >= 0.6 is 0 Å². The Morgan fingerprint density at radius 1 is 1.21 bits per heavy atom. The summed E-state index contributed by atoms with van der Waals surface area (Å²) in [5.41, 5.74) is 0.821. The lowest BCUT2D eigenvalue weighted by molar-refractivity contribution is -0.144. The van der Waals surface area contributed by atoms with Crippen molar-refractivity contribution in [2.45, 2.75) is 71.4 Å². The van der Waals surface area contributed by atoms with E-state index in [1.807, 2.05) is 37.3 Å². The van der Waals surface area contributed by atoms with Crippen LogP contribution in [0.25, 0.3) is 0 Å². The lowest BCUT2D eigenvalue weighted by Gasteiger charge is -2.25. The highest BCUT2D eigenvalue weighted by Gasteiger charge is 2.45. The lowest BCUT2D eigenvalue weighted by atomic mass is 9.88. The Hall–Kier alpha value is -2.37. The van der Waals surface area contributed by atoms with Crippen LogP contribution in [0.4, 0.5) is 4.79 Å². The van der Waals surface area contributed by atoms with Gasteiger partial charge in [-0.15, -0.1) is 0 Å². The molecule has 1 saturated heterocycles. The second-order valence-electron chi connectivity index (χ2n) is 7.80. The van der Waals surface area contributed by atoms with E-state index in [1.54, 1.807) is 6.92 Å². The SMILES string of the molecule is CCCCC[C@@H](C)C[C@@H](CC(=O)O)C(=O)N1C(=O)O[C@@H](c2ccccc2)[C@H]1C. The highest BCUT2D eigenvalue weighted by atomic mass is 16.6. The van der Waals surface area contributed by atoms with Gasteiger partial charge < -0.3 is 9.84 Å². The average molecular weight is 389 g/mol. The van der Waals surface area contributed by atoms with E-state index in [-0.39, 0.29) is 12.3 Å². The molecule has 4 atom stereocenters. The number of hydrogen-bond acceptors (Lipinski definition) is 4. The summed E-state index contributed by atoms with van der Waals surface area (Å²) in [6.45, 7) is 5.93. The molecule has 0 aliphatic carbocycles. The number of unbranched alkanes of at least 4 members (excludes halogenated alkanes) is 2. The van der Waals surface area contributed by atoms with E-state index in [2.05, 4.69) is 6.92 Å². The molecule has 1 aliphatic rings. The fourth-order valence-corrected chi connectivity index (χ4v) is 3.87. The zero-order valence-electron chi connectivity index (χ0n) is 17.0. The molecule has 0 unspecified atom stereocenters. The van der Waals surface area contributed by atoms with Gasteiger partial charge in [0.05, 0.1) is 12.5 Å². The number of cyclic esters (lactones) is 1. The van der Waals surface area contributed by atoms with E-state index >= 15 is 0 Å². The molecule has 1 aliphatic heterocycles. The molecule has 0 aromatic heterocycles. The van der Waals surface area contributed by atoms with Crippen molar-refractivity contribution in [3.8, 4) is 0 Å². The molecule has 0 saturated carbocycles. The van der Waals surface area contributed by atoms with Crippen molar-refractivity contribution < 1.29 is 24.2 Å². The number of carboxylic acid groups (broad SMARTS) is 1. The normalized spacial score (nSPS) is 21.2. The molecule has 0 radical (unpaired) electrons. The van der Waals surface area contributed by atoms with Crippen molar-refractivity contribution >= 4 is 18.0 Å². The topological polar surface area (TPSA) is 83.9 Å². The molecule has 154 valence electrons. The third kappa shape index (κ3) is 5.57. The van der Waals surface area contributed by atoms with E-state index in [1.165, 1.54) is 0 Å². The number of ether oxygens (including phenoxy) is 1. The van der Waals surface area contributed by atoms with Crippen LogP contribution in [-0.2, 0) is 14.3 Å². The largest absolute Gasteiger partial charge is 0.481 e. The minimum atomic E-state index is -1.03. The highest BCUT2D eigenvalue weighted by molar-refractivity contribution is 5.96. The van der Waals surface area contributed by atoms with Crippen LogP contribution in [-0.4, -0.2) is 34.0 Å². The summed E-state index contributed by atoms with van der Waals surface area (Å²) in [6, 6.07) is 8.81. The Morgan fingerprint density at radius 3 is 2.50 bits per heavy atom. The fourth-order valence-electron chi connectivity index (χ4n) is 3.87. The van der Waals surface area contributed by atoms with E-state index in [4.69, 9.17) is 4.74 Å². The third-order valence-electron chi connectivity index (χ3n) is 5.39. The number of imide groups is 1. The van der Waals surface area contributed by atoms with Crippen LogP contribution in [0.1, 0.15) is 71.0 Å². The van der Waals surface area contributed by atoms with Gasteiger partial charge in [0.25, 0.3) is 0 Å². The summed E-state index contributed by atoms with van der Waals surface area (Å²) in [4.78, 5) is 38.0. The van der Waals surface area contributed by atoms with Crippen LogP contribution < -0.4 is 0 Å². The van der Waals surface area contributed by atoms with Gasteiger partial charge in [0.2, 0.25) is 5.91 Å². The Kier molecular flexibility index (Phi) is 8.03. The smallest absolute Gasteiger partial charge is 0.417 e. The van der Waals surface area contributed by atoms with Crippen LogP contribution in [0.2, 0.25) is 0 Å². The monoisotopic (exact) mass is 389 g/mol. The number of aliphatic carboxylic acids is 1. The maximum Gasteiger partial charge on any atom is 0.417 e. The molecule has 6 nitrogen and oxygen atoms in total. The van der Waals surface area contributed by atoms with Gasteiger partial charge in [-0.1, -0.05) is 69.9 Å². The number of amides is 2. The minimum Gasteiger partial charge on any atom is -0.481 e. The molecule has 28 heavy (non-hydrogen) atoms. The number of carboxylic acids is 1. The first kappa shape index (κ1) is 21.9. The predicted molar refractivity (Wildman–Crippen MR) is 106 cm³/mol. The Balaban J connectivity index is 2.11. The quantitative estimate of drug-likeness (QED) is 0.582. The van der Waals surface area contributed by atoms with Crippen LogP contribution in [0.3, 0.4) is 0 Å². The van der Waals surface area contributed by atoms with E-state index in [0.29, 0.717) is 6.42 Å². The lowest BCUT2D eigenvalue weighted by Crippen LogP contribution is -2.42. The van der Waals surface area contributed by atoms with Crippen LogP contribution in [0, 0.1) is 11.8 Å². The van der Waals surface area contributed by atoms with E-state index in [0.717, 1.165) is 36.1 Å². The third-order valence-corrected chi connectivity index (χ3v) is 5.39. The number of carbonyl (C=O) groups is 3. The first-order chi connectivity index (χ1) is 13.3. The molecule has 2 amide bonds. The Bertz CT molecular complexity index is 675. The zero-order chi connectivity index (χ0) is 20.7. The highest BCUT2D eigenvalue weighted by Crippen LogP contribution is 2.34. The summed E-state index contributed by atoms with van der Waals surface area (Å²) in [7, 11) is 0. The fraction of sp³-hybridized carbons (Fsp3) is 0.591. The number of hydrogen-bond donors (Lipinski definition) is 1. The van der Waals surface area contributed by atoms with Crippen molar-refractivity contribution in [2.24, 2.45) is 11.8 Å². The molecule has 1 fully saturated rings. The Labute approximate surface area is 166 Å². The van der Waals surface area contributed by atoms with E-state index in [9.17, 15) is 19.5 Å². The van der Waals surface area contributed by atoms with Gasteiger partial charge >= 0.3 is 12.1 Å².